The molecule has 1 N–H and O–H groups in total. The number of carbonyl (C=O) groups is 1. The van der Waals surface area contributed by atoms with E-state index in [2.05, 4.69) is 12.2 Å². The summed E-state index contributed by atoms with van der Waals surface area (Å²) in [7, 11) is 0. The molecule has 3 aromatic rings. The van der Waals surface area contributed by atoms with Gasteiger partial charge in [0.2, 0.25) is 5.91 Å². The van der Waals surface area contributed by atoms with Gasteiger partial charge in [0.25, 0.3) is 11.2 Å². The zero-order valence-corrected chi connectivity index (χ0v) is 18.8. The van der Waals surface area contributed by atoms with Crippen LogP contribution in [0.25, 0.3) is 0 Å². The molecule has 2 aromatic carbocycles. The van der Waals surface area contributed by atoms with Gasteiger partial charge in [0.05, 0.1) is 27.8 Å². The van der Waals surface area contributed by atoms with E-state index in [0.717, 1.165) is 17.7 Å². The van der Waals surface area contributed by atoms with E-state index in [1.165, 1.54) is 36.0 Å². The Morgan fingerprint density at radius 1 is 1.25 bits per heavy atom. The number of rotatable bonds is 7. The lowest BCUT2D eigenvalue weighted by Gasteiger charge is -2.14. The van der Waals surface area contributed by atoms with Gasteiger partial charge in [-0.05, 0) is 17.7 Å². The Balaban J connectivity index is 1.52. The Kier molecular flexibility index (Phi) is 6.61. The van der Waals surface area contributed by atoms with Crippen molar-refractivity contribution in [1.82, 2.24) is 9.55 Å². The molecule has 32 heavy (non-hydrogen) atoms. The van der Waals surface area contributed by atoms with Crippen molar-refractivity contribution in [3.05, 3.63) is 86.3 Å². The Morgan fingerprint density at radius 3 is 2.66 bits per heavy atom. The van der Waals surface area contributed by atoms with E-state index in [1.54, 1.807) is 16.3 Å². The van der Waals surface area contributed by atoms with Crippen molar-refractivity contribution in [3.8, 4) is 0 Å². The predicted octanol–water partition coefficient (Wildman–Crippen LogP) is 3.97. The summed E-state index contributed by atoms with van der Waals surface area (Å²) in [6.07, 6.45) is 0.726. The normalized spacial score (nSPS) is 14.7. The topological polar surface area (TPSA) is 107 Å². The highest BCUT2D eigenvalue weighted by Gasteiger charge is 2.26. The number of anilines is 1. The van der Waals surface area contributed by atoms with E-state index in [4.69, 9.17) is 4.98 Å². The molecule has 0 spiro atoms. The van der Waals surface area contributed by atoms with Gasteiger partial charge in [0.1, 0.15) is 0 Å². The molecule has 0 bridgehead atoms. The van der Waals surface area contributed by atoms with Crippen molar-refractivity contribution in [3.63, 3.8) is 0 Å². The lowest BCUT2D eigenvalue weighted by atomic mass is 10.2. The number of nitrogens with zero attached hydrogens (tertiary/aromatic N) is 3. The standard InChI is InChI=1S/C22H20N4O4S2/c1-14-11-18-20(32-14)21(28)25(12-15-5-3-2-4-6-15)22(24-18)31-13-19(27)23-16-7-9-17(10-8-16)26(29)30/h2-10,14H,11-13H2,1H3,(H,23,27)/t14-/m0/s1. The fraction of sp³-hybridized carbons (Fsp3) is 0.227. The number of nitrogens with one attached hydrogen (secondary N) is 1. The molecule has 0 fully saturated rings. The van der Waals surface area contributed by atoms with Gasteiger partial charge < -0.3 is 5.32 Å². The van der Waals surface area contributed by atoms with Crippen LogP contribution in [-0.4, -0.2) is 31.4 Å². The first kappa shape index (κ1) is 22.1. The van der Waals surface area contributed by atoms with Crippen LogP contribution in [0.15, 0.2) is 69.4 Å². The van der Waals surface area contributed by atoms with Crippen LogP contribution in [0.5, 0.6) is 0 Å². The van der Waals surface area contributed by atoms with Crippen LogP contribution in [0.4, 0.5) is 11.4 Å². The van der Waals surface area contributed by atoms with Gasteiger partial charge in [0.15, 0.2) is 5.16 Å². The molecule has 1 amide bonds. The number of benzene rings is 2. The molecule has 164 valence electrons. The van der Waals surface area contributed by atoms with Gasteiger partial charge in [-0.3, -0.25) is 24.3 Å². The summed E-state index contributed by atoms with van der Waals surface area (Å²) in [5.41, 5.74) is 2.11. The number of non-ortho nitro benzene ring substituents is 1. The molecule has 0 aliphatic carbocycles. The van der Waals surface area contributed by atoms with Crippen LogP contribution in [-0.2, 0) is 17.8 Å². The molecule has 0 saturated heterocycles. The van der Waals surface area contributed by atoms with Crippen LogP contribution in [0.3, 0.4) is 0 Å². The highest BCUT2D eigenvalue weighted by molar-refractivity contribution is 8.00. The first-order valence-corrected chi connectivity index (χ1v) is 11.8. The fourth-order valence-corrected chi connectivity index (χ4v) is 5.27. The number of hydrogen-bond acceptors (Lipinski definition) is 7. The third-order valence-corrected chi connectivity index (χ3v) is 7.03. The Hall–Kier alpha value is -3.11. The van der Waals surface area contributed by atoms with Gasteiger partial charge in [-0.25, -0.2) is 4.98 Å². The number of amides is 1. The van der Waals surface area contributed by atoms with Crippen molar-refractivity contribution in [2.24, 2.45) is 0 Å². The van der Waals surface area contributed by atoms with Crippen molar-refractivity contribution in [1.29, 1.82) is 0 Å². The average Bonchev–Trinajstić information content (AvgIpc) is 3.16. The van der Waals surface area contributed by atoms with Gasteiger partial charge in [-0.15, -0.1) is 11.8 Å². The summed E-state index contributed by atoms with van der Waals surface area (Å²) in [5.74, 6) is -0.229. The number of thioether (sulfide) groups is 2. The molecule has 0 unspecified atom stereocenters. The highest BCUT2D eigenvalue weighted by atomic mass is 32.2. The summed E-state index contributed by atoms with van der Waals surface area (Å²) in [5, 5.41) is 14.3. The lowest BCUT2D eigenvalue weighted by molar-refractivity contribution is -0.384. The molecule has 0 saturated carbocycles. The van der Waals surface area contributed by atoms with E-state index < -0.39 is 4.92 Å². The maximum Gasteiger partial charge on any atom is 0.269 e. The maximum atomic E-state index is 13.2. The number of fused-ring (bicyclic) bond motifs is 1. The third-order valence-electron chi connectivity index (χ3n) is 4.84. The van der Waals surface area contributed by atoms with Crippen molar-refractivity contribution in [2.45, 2.75) is 35.2 Å². The molecule has 8 nitrogen and oxygen atoms in total. The molecule has 4 rings (SSSR count). The lowest BCUT2D eigenvalue weighted by Crippen LogP contribution is -2.26. The molecule has 0 radical (unpaired) electrons. The Morgan fingerprint density at radius 2 is 1.97 bits per heavy atom. The largest absolute Gasteiger partial charge is 0.325 e. The fourth-order valence-electron chi connectivity index (χ4n) is 3.34. The number of hydrogen-bond donors (Lipinski definition) is 1. The second-order valence-corrected chi connectivity index (χ2v) is 9.71. The zero-order chi connectivity index (χ0) is 22.7. The van der Waals surface area contributed by atoms with Gasteiger partial charge in [0, 0.05) is 29.5 Å². The summed E-state index contributed by atoms with van der Waals surface area (Å²) in [4.78, 5) is 41.3. The minimum absolute atomic E-state index is 0.0447. The second kappa shape index (κ2) is 9.58. The average molecular weight is 469 g/mol. The van der Waals surface area contributed by atoms with Gasteiger partial charge in [-0.2, -0.15) is 0 Å². The van der Waals surface area contributed by atoms with E-state index in [9.17, 15) is 19.7 Å². The van der Waals surface area contributed by atoms with E-state index in [0.29, 0.717) is 27.5 Å². The first-order valence-electron chi connectivity index (χ1n) is 9.92. The number of nitro benzene ring substituents is 1. The van der Waals surface area contributed by atoms with Crippen molar-refractivity contribution in [2.75, 3.05) is 11.1 Å². The van der Waals surface area contributed by atoms with Crippen LogP contribution in [0.1, 0.15) is 18.2 Å². The molecule has 1 aliphatic rings. The third kappa shape index (κ3) is 5.03. The van der Waals surface area contributed by atoms with E-state index in [1.807, 2.05) is 30.3 Å². The van der Waals surface area contributed by atoms with Gasteiger partial charge in [-0.1, -0.05) is 49.0 Å². The number of nitro groups is 1. The monoisotopic (exact) mass is 468 g/mol. The molecular weight excluding hydrogens is 448 g/mol. The second-order valence-electron chi connectivity index (χ2n) is 7.32. The zero-order valence-electron chi connectivity index (χ0n) is 17.2. The molecule has 10 heteroatoms. The highest BCUT2D eigenvalue weighted by Crippen LogP contribution is 2.34. The maximum absolute atomic E-state index is 13.2. The quantitative estimate of drug-likeness (QED) is 0.242. The molecule has 2 heterocycles. The van der Waals surface area contributed by atoms with Crippen molar-refractivity contribution >= 4 is 40.8 Å². The molecule has 1 aromatic heterocycles. The van der Waals surface area contributed by atoms with Crippen LogP contribution in [0, 0.1) is 10.1 Å². The molecule has 1 aliphatic heterocycles. The summed E-state index contributed by atoms with van der Waals surface area (Å²) in [6, 6.07) is 15.3. The van der Waals surface area contributed by atoms with Crippen LogP contribution in [0.2, 0.25) is 0 Å². The minimum Gasteiger partial charge on any atom is -0.325 e. The SMILES string of the molecule is C[C@H]1Cc2nc(SCC(=O)Nc3ccc([N+](=O)[O-])cc3)n(Cc3ccccc3)c(=O)c2S1. The van der Waals surface area contributed by atoms with E-state index >= 15 is 0 Å². The smallest absolute Gasteiger partial charge is 0.269 e. The Bertz CT molecular complexity index is 1210. The number of aromatic nitrogens is 2. The summed E-state index contributed by atoms with van der Waals surface area (Å²) >= 11 is 2.75. The summed E-state index contributed by atoms with van der Waals surface area (Å²) in [6.45, 7) is 2.44. The van der Waals surface area contributed by atoms with Crippen molar-refractivity contribution < 1.29 is 9.72 Å². The first-order chi connectivity index (χ1) is 15.4. The van der Waals surface area contributed by atoms with Crippen LogP contribution < -0.4 is 10.9 Å². The van der Waals surface area contributed by atoms with Crippen LogP contribution >= 0.6 is 23.5 Å². The molecular formula is C22H20N4O4S2. The number of carbonyl (C=O) groups excluding carboxylic acids is 1. The van der Waals surface area contributed by atoms with Gasteiger partial charge >= 0.3 is 0 Å². The molecule has 1 atom stereocenters. The Labute approximate surface area is 192 Å². The predicted molar refractivity (Wildman–Crippen MR) is 126 cm³/mol. The minimum atomic E-state index is -0.494. The summed E-state index contributed by atoms with van der Waals surface area (Å²) < 4.78 is 1.63. The van der Waals surface area contributed by atoms with E-state index in [-0.39, 0.29) is 22.9 Å².